The van der Waals surface area contributed by atoms with Crippen LogP contribution in [0.15, 0.2) is 24.3 Å². The predicted molar refractivity (Wildman–Crippen MR) is 95.4 cm³/mol. The van der Waals surface area contributed by atoms with Gasteiger partial charge in [-0.15, -0.1) is 0 Å². The second kappa shape index (κ2) is 8.68. The lowest BCUT2D eigenvalue weighted by Crippen LogP contribution is -2.38. The van der Waals surface area contributed by atoms with Crippen molar-refractivity contribution >= 4 is 33.2 Å². The Balaban J connectivity index is 2.76. The first kappa shape index (κ1) is 20.0. The molecule has 1 rings (SSSR count). The zero-order chi connectivity index (χ0) is 18.3. The number of carbonyl (C=O) groups is 2. The van der Waals surface area contributed by atoms with Crippen LogP contribution >= 0.6 is 0 Å². The Morgan fingerprint density at radius 3 is 2.21 bits per heavy atom. The number of nitrogens with zero attached hydrogens (tertiary/aromatic N) is 1. The maximum Gasteiger partial charge on any atom is 0.232 e. The zero-order valence-corrected chi connectivity index (χ0v) is 15.3. The summed E-state index contributed by atoms with van der Waals surface area (Å²) >= 11 is 0. The normalized spacial score (nSPS) is 11.2. The Kier molecular flexibility index (Phi) is 7.21. The largest absolute Gasteiger partial charge is 0.354 e. The first-order valence-electron chi connectivity index (χ1n) is 7.71. The summed E-state index contributed by atoms with van der Waals surface area (Å²) in [6, 6.07) is 6.49. The van der Waals surface area contributed by atoms with Gasteiger partial charge in [0.05, 0.1) is 18.5 Å². The Hall–Kier alpha value is -2.09. The minimum Gasteiger partial charge on any atom is -0.354 e. The summed E-state index contributed by atoms with van der Waals surface area (Å²) < 4.78 is 25.2. The van der Waals surface area contributed by atoms with Gasteiger partial charge in [-0.2, -0.15) is 0 Å². The molecular formula is C16H25N3O4S. The second-order valence-electron chi connectivity index (χ2n) is 6.01. The zero-order valence-electron chi connectivity index (χ0n) is 14.5. The molecule has 0 heterocycles. The minimum atomic E-state index is -3.48. The summed E-state index contributed by atoms with van der Waals surface area (Å²) in [5.74, 6) is -0.0487. The summed E-state index contributed by atoms with van der Waals surface area (Å²) in [6.45, 7) is 5.66. The van der Waals surface area contributed by atoms with E-state index in [4.69, 9.17) is 0 Å². The van der Waals surface area contributed by atoms with Crippen molar-refractivity contribution in [1.82, 2.24) is 5.32 Å². The molecule has 0 aromatic heterocycles. The highest BCUT2D eigenvalue weighted by atomic mass is 32.2. The van der Waals surface area contributed by atoms with Gasteiger partial charge in [0.25, 0.3) is 0 Å². The van der Waals surface area contributed by atoms with Gasteiger partial charge in [-0.05, 0) is 30.2 Å². The maximum atomic E-state index is 12.0. The van der Waals surface area contributed by atoms with E-state index in [-0.39, 0.29) is 30.8 Å². The molecule has 2 N–H and O–H groups in total. The van der Waals surface area contributed by atoms with Crippen LogP contribution in [-0.2, 0) is 19.6 Å². The average Bonchev–Trinajstić information content (AvgIpc) is 2.42. The third-order valence-corrected chi connectivity index (χ3v) is 4.30. The molecule has 0 aliphatic rings. The van der Waals surface area contributed by atoms with E-state index in [9.17, 15) is 18.0 Å². The van der Waals surface area contributed by atoms with Gasteiger partial charge < -0.3 is 10.6 Å². The quantitative estimate of drug-likeness (QED) is 0.740. The lowest BCUT2D eigenvalue weighted by atomic mass is 10.1. The number of hydrogen-bond acceptors (Lipinski definition) is 4. The van der Waals surface area contributed by atoms with E-state index >= 15 is 0 Å². The minimum absolute atomic E-state index is 0.0977. The lowest BCUT2D eigenvalue weighted by Gasteiger charge is -2.23. The van der Waals surface area contributed by atoms with Gasteiger partial charge in [0.15, 0.2) is 0 Å². The molecule has 7 nitrogen and oxygen atoms in total. The van der Waals surface area contributed by atoms with Crippen molar-refractivity contribution in [2.24, 2.45) is 5.92 Å². The van der Waals surface area contributed by atoms with Crippen molar-refractivity contribution in [2.45, 2.75) is 27.2 Å². The van der Waals surface area contributed by atoms with Crippen molar-refractivity contribution in [3.05, 3.63) is 24.3 Å². The standard InChI is InChI=1S/C16H25N3O4S/c1-12(2)11-16(21)17-9-10-19(24(4,22)23)15-7-5-14(6-8-15)18-13(3)20/h5-8,12H,9-11H2,1-4H3,(H,17,21)(H,18,20). The van der Waals surface area contributed by atoms with E-state index < -0.39 is 10.0 Å². The fourth-order valence-electron chi connectivity index (χ4n) is 2.14. The molecule has 0 unspecified atom stereocenters. The topological polar surface area (TPSA) is 95.6 Å². The van der Waals surface area contributed by atoms with E-state index in [1.165, 1.54) is 11.2 Å². The molecule has 0 atom stereocenters. The number of hydrogen-bond donors (Lipinski definition) is 2. The molecule has 0 bridgehead atoms. The van der Waals surface area contributed by atoms with Gasteiger partial charge >= 0.3 is 0 Å². The highest BCUT2D eigenvalue weighted by Crippen LogP contribution is 2.20. The van der Waals surface area contributed by atoms with Crippen LogP contribution in [0.4, 0.5) is 11.4 Å². The number of benzene rings is 1. The second-order valence-corrected chi connectivity index (χ2v) is 7.92. The van der Waals surface area contributed by atoms with Crippen LogP contribution in [0, 0.1) is 5.92 Å². The smallest absolute Gasteiger partial charge is 0.232 e. The number of anilines is 2. The molecule has 0 spiro atoms. The van der Waals surface area contributed by atoms with Crippen LogP contribution in [-0.4, -0.2) is 39.6 Å². The maximum absolute atomic E-state index is 12.0. The predicted octanol–water partition coefficient (Wildman–Crippen LogP) is 1.57. The molecule has 134 valence electrons. The number of amides is 2. The number of nitrogens with one attached hydrogen (secondary N) is 2. The summed E-state index contributed by atoms with van der Waals surface area (Å²) in [7, 11) is -3.48. The first-order chi connectivity index (χ1) is 11.1. The molecule has 0 saturated carbocycles. The molecule has 0 aliphatic heterocycles. The molecule has 24 heavy (non-hydrogen) atoms. The Morgan fingerprint density at radius 1 is 1.17 bits per heavy atom. The van der Waals surface area contributed by atoms with Gasteiger partial charge in [-0.1, -0.05) is 13.8 Å². The van der Waals surface area contributed by atoms with Gasteiger partial charge in [-0.25, -0.2) is 8.42 Å². The SMILES string of the molecule is CC(=O)Nc1ccc(N(CCNC(=O)CC(C)C)S(C)(=O)=O)cc1. The van der Waals surface area contributed by atoms with Crippen molar-refractivity contribution in [3.63, 3.8) is 0 Å². The lowest BCUT2D eigenvalue weighted by molar-refractivity contribution is -0.121. The fourth-order valence-corrected chi connectivity index (χ4v) is 3.07. The molecule has 0 fully saturated rings. The Bertz CT molecular complexity index is 669. The van der Waals surface area contributed by atoms with E-state index in [1.807, 2.05) is 13.8 Å². The van der Waals surface area contributed by atoms with Crippen LogP contribution in [0.2, 0.25) is 0 Å². The first-order valence-corrected chi connectivity index (χ1v) is 9.56. The molecule has 0 radical (unpaired) electrons. The monoisotopic (exact) mass is 355 g/mol. The van der Waals surface area contributed by atoms with Gasteiger partial charge in [0, 0.05) is 25.6 Å². The number of sulfonamides is 1. The van der Waals surface area contributed by atoms with Crippen LogP contribution in [0.3, 0.4) is 0 Å². The highest BCUT2D eigenvalue weighted by molar-refractivity contribution is 7.92. The Morgan fingerprint density at radius 2 is 1.75 bits per heavy atom. The molecule has 0 aliphatic carbocycles. The summed E-state index contributed by atoms with van der Waals surface area (Å²) in [5.41, 5.74) is 1.06. The van der Waals surface area contributed by atoms with Gasteiger partial charge in [-0.3, -0.25) is 13.9 Å². The van der Waals surface area contributed by atoms with Crippen molar-refractivity contribution in [1.29, 1.82) is 0 Å². The number of rotatable bonds is 8. The van der Waals surface area contributed by atoms with Crippen molar-refractivity contribution < 1.29 is 18.0 Å². The molecule has 2 amide bonds. The fraction of sp³-hybridized carbons (Fsp3) is 0.500. The van der Waals surface area contributed by atoms with Crippen LogP contribution in [0.1, 0.15) is 27.2 Å². The van der Waals surface area contributed by atoms with Crippen LogP contribution in [0.5, 0.6) is 0 Å². The van der Waals surface area contributed by atoms with Crippen LogP contribution < -0.4 is 14.9 Å². The molecule has 1 aromatic rings. The molecule has 0 saturated heterocycles. The van der Waals surface area contributed by atoms with Crippen molar-refractivity contribution in [2.75, 3.05) is 29.0 Å². The van der Waals surface area contributed by atoms with Crippen LogP contribution in [0.25, 0.3) is 0 Å². The van der Waals surface area contributed by atoms with E-state index in [0.717, 1.165) is 6.26 Å². The number of carbonyl (C=O) groups excluding carboxylic acids is 2. The third-order valence-electron chi connectivity index (χ3n) is 3.11. The average molecular weight is 355 g/mol. The highest BCUT2D eigenvalue weighted by Gasteiger charge is 2.17. The van der Waals surface area contributed by atoms with Gasteiger partial charge in [0.2, 0.25) is 21.8 Å². The van der Waals surface area contributed by atoms with E-state index in [2.05, 4.69) is 10.6 Å². The van der Waals surface area contributed by atoms with Crippen molar-refractivity contribution in [3.8, 4) is 0 Å². The summed E-state index contributed by atoms with van der Waals surface area (Å²) in [4.78, 5) is 22.7. The summed E-state index contributed by atoms with van der Waals surface area (Å²) in [5, 5.41) is 5.34. The molecule has 1 aromatic carbocycles. The van der Waals surface area contributed by atoms with Gasteiger partial charge in [0.1, 0.15) is 0 Å². The van der Waals surface area contributed by atoms with E-state index in [0.29, 0.717) is 17.8 Å². The van der Waals surface area contributed by atoms with E-state index in [1.54, 1.807) is 24.3 Å². The molecule has 8 heteroatoms. The Labute approximate surface area is 143 Å². The summed E-state index contributed by atoms with van der Waals surface area (Å²) in [6.07, 6.45) is 1.52. The third kappa shape index (κ3) is 6.99. The molecular weight excluding hydrogens is 330 g/mol.